The van der Waals surface area contributed by atoms with Gasteiger partial charge in [0.2, 0.25) is 0 Å². The van der Waals surface area contributed by atoms with E-state index >= 15 is 0 Å². The highest BCUT2D eigenvalue weighted by Crippen LogP contribution is 2.35. The summed E-state index contributed by atoms with van der Waals surface area (Å²) in [6.07, 6.45) is 1.46. The van der Waals surface area contributed by atoms with Crippen molar-refractivity contribution >= 4 is 67.5 Å². The number of nitrogens with zero attached hydrogens (tertiary/aromatic N) is 2. The third-order valence-corrected chi connectivity index (χ3v) is 6.47. The minimum Gasteiger partial charge on any atom is -0.462 e. The van der Waals surface area contributed by atoms with Gasteiger partial charge in [-0.1, -0.05) is 0 Å². The van der Waals surface area contributed by atoms with Crippen molar-refractivity contribution in [3.05, 3.63) is 42.4 Å². The van der Waals surface area contributed by atoms with Gasteiger partial charge in [-0.2, -0.15) is 5.26 Å². The summed E-state index contributed by atoms with van der Waals surface area (Å²) in [6.45, 7) is 3.44. The van der Waals surface area contributed by atoms with E-state index in [1.165, 1.54) is 22.3 Å². The molecule has 0 unspecified atom stereocenters. The summed E-state index contributed by atoms with van der Waals surface area (Å²) in [4.78, 5) is 40.0. The maximum atomic E-state index is 12.7. The Balaban J connectivity index is 2.44. The van der Waals surface area contributed by atoms with E-state index in [0.29, 0.717) is 10.4 Å². The number of thiophene rings is 2. The van der Waals surface area contributed by atoms with Gasteiger partial charge >= 0.3 is 5.97 Å². The molecule has 2 aromatic heterocycles. The Labute approximate surface area is 184 Å². The molecule has 0 aromatic carbocycles. The summed E-state index contributed by atoms with van der Waals surface area (Å²) in [5.74, 6) is -1.61. The zero-order chi connectivity index (χ0) is 21.7. The molecule has 0 fully saturated rings. The first-order valence-corrected chi connectivity index (χ1v) is 10.8. The Morgan fingerprint density at radius 2 is 2.00 bits per heavy atom. The second-order valence-corrected chi connectivity index (χ2v) is 9.46. The van der Waals surface area contributed by atoms with Crippen LogP contribution in [0.3, 0.4) is 0 Å². The van der Waals surface area contributed by atoms with Crippen LogP contribution < -0.4 is 5.32 Å². The van der Waals surface area contributed by atoms with E-state index in [0.717, 1.165) is 20.0 Å². The first-order chi connectivity index (χ1) is 13.7. The number of hydrogen-bond donors (Lipinski definition) is 1. The molecule has 0 atom stereocenters. The molecule has 2 rings (SSSR count). The van der Waals surface area contributed by atoms with Gasteiger partial charge in [0, 0.05) is 19.0 Å². The van der Waals surface area contributed by atoms with Crippen molar-refractivity contribution in [3.63, 3.8) is 0 Å². The molecule has 2 amide bonds. The number of carbonyl (C=O) groups is 3. The molecule has 0 aliphatic carbocycles. The zero-order valence-corrected chi connectivity index (χ0v) is 19.4. The molecule has 0 bridgehead atoms. The van der Waals surface area contributed by atoms with E-state index < -0.39 is 11.9 Å². The van der Waals surface area contributed by atoms with Crippen molar-refractivity contribution < 1.29 is 19.1 Å². The topological polar surface area (TPSA) is 99.5 Å². The number of rotatable bonds is 6. The molecule has 7 nitrogen and oxygen atoms in total. The first-order valence-electron chi connectivity index (χ1n) is 8.40. The fourth-order valence-corrected chi connectivity index (χ4v) is 4.90. The van der Waals surface area contributed by atoms with Crippen LogP contribution in [0.5, 0.6) is 0 Å². The van der Waals surface area contributed by atoms with Crippen molar-refractivity contribution in [1.29, 1.82) is 5.26 Å². The molecule has 0 spiro atoms. The molecule has 2 heterocycles. The number of hydrogen-bond acceptors (Lipinski definition) is 7. The van der Waals surface area contributed by atoms with E-state index in [4.69, 9.17) is 4.74 Å². The second kappa shape index (κ2) is 9.82. The normalized spacial score (nSPS) is 11.0. The quantitative estimate of drug-likeness (QED) is 0.365. The fourth-order valence-electron chi connectivity index (χ4n) is 2.32. The molecule has 152 valence electrons. The van der Waals surface area contributed by atoms with E-state index in [2.05, 4.69) is 21.2 Å². The second-order valence-electron chi connectivity index (χ2n) is 5.95. The van der Waals surface area contributed by atoms with E-state index in [1.807, 2.05) is 12.1 Å². The van der Waals surface area contributed by atoms with Crippen LogP contribution in [-0.2, 0) is 9.53 Å². The van der Waals surface area contributed by atoms with Crippen LogP contribution in [0.4, 0.5) is 5.00 Å². The number of ether oxygens (including phenoxy) is 1. The monoisotopic (exact) mass is 495 g/mol. The molecule has 29 heavy (non-hydrogen) atoms. The fraction of sp³-hybridized carbons (Fsp3) is 0.263. The van der Waals surface area contributed by atoms with Crippen LogP contribution in [0.15, 0.2) is 21.5 Å². The van der Waals surface area contributed by atoms with Gasteiger partial charge in [-0.3, -0.25) is 9.59 Å². The lowest BCUT2D eigenvalue weighted by atomic mass is 10.1. The highest BCUT2D eigenvalue weighted by molar-refractivity contribution is 9.11. The van der Waals surface area contributed by atoms with Gasteiger partial charge in [0.05, 0.1) is 20.8 Å². The van der Waals surface area contributed by atoms with Crippen LogP contribution in [0.1, 0.15) is 37.4 Å². The minimum atomic E-state index is -0.673. The third-order valence-electron chi connectivity index (χ3n) is 3.70. The van der Waals surface area contributed by atoms with Gasteiger partial charge in [0.1, 0.15) is 16.6 Å². The highest BCUT2D eigenvalue weighted by Gasteiger charge is 2.27. The first kappa shape index (κ1) is 22.8. The van der Waals surface area contributed by atoms with Gasteiger partial charge < -0.3 is 15.0 Å². The summed E-state index contributed by atoms with van der Waals surface area (Å²) >= 11 is 5.68. The molecule has 0 aliphatic heterocycles. The van der Waals surface area contributed by atoms with Crippen LogP contribution in [0, 0.1) is 18.3 Å². The molecule has 0 radical (unpaired) electrons. The van der Waals surface area contributed by atoms with Crippen molar-refractivity contribution in [1.82, 2.24) is 4.90 Å². The molecule has 10 heteroatoms. The third kappa shape index (κ3) is 5.32. The standard InChI is InChI=1S/C19H18BrN3O4S2/c1-5-27-19(26)14-10(2)15(18(25)23(3)4)29-17(14)22-16(24)11(9-21)8-12-6-7-13(20)28-12/h6-8H,5H2,1-4H3,(H,22,24). The van der Waals surface area contributed by atoms with E-state index in [-0.39, 0.29) is 28.7 Å². The van der Waals surface area contributed by atoms with E-state index in [1.54, 1.807) is 34.0 Å². The Kier molecular flexibility index (Phi) is 7.73. The Morgan fingerprint density at radius 1 is 1.31 bits per heavy atom. The minimum absolute atomic E-state index is 0.117. The SMILES string of the molecule is CCOC(=O)c1c(NC(=O)C(C#N)=Cc2ccc(Br)s2)sc(C(=O)N(C)C)c1C. The lowest BCUT2D eigenvalue weighted by Gasteiger charge is -2.09. The molecular weight excluding hydrogens is 478 g/mol. The van der Waals surface area contributed by atoms with Crippen LogP contribution in [-0.4, -0.2) is 43.4 Å². The average Bonchev–Trinajstić information content (AvgIpc) is 3.21. The van der Waals surface area contributed by atoms with Gasteiger partial charge in [-0.25, -0.2) is 4.79 Å². The van der Waals surface area contributed by atoms with Crippen LogP contribution in [0.25, 0.3) is 6.08 Å². The van der Waals surface area contributed by atoms with Crippen molar-refractivity contribution in [2.75, 3.05) is 26.0 Å². The highest BCUT2D eigenvalue weighted by atomic mass is 79.9. The lowest BCUT2D eigenvalue weighted by Crippen LogP contribution is -2.21. The summed E-state index contributed by atoms with van der Waals surface area (Å²) in [6, 6.07) is 5.45. The summed E-state index contributed by atoms with van der Waals surface area (Å²) < 4.78 is 5.95. The average molecular weight is 496 g/mol. The molecule has 1 N–H and O–H groups in total. The maximum absolute atomic E-state index is 12.7. The van der Waals surface area contributed by atoms with E-state index in [9.17, 15) is 19.6 Å². The van der Waals surface area contributed by atoms with Crippen molar-refractivity contribution in [2.45, 2.75) is 13.8 Å². The number of halogens is 1. The van der Waals surface area contributed by atoms with Gasteiger partial charge in [0.15, 0.2) is 0 Å². The Morgan fingerprint density at radius 3 is 2.52 bits per heavy atom. The zero-order valence-electron chi connectivity index (χ0n) is 16.2. The summed E-state index contributed by atoms with van der Waals surface area (Å²) in [7, 11) is 3.19. The number of amides is 2. The molecule has 0 aliphatic rings. The number of nitriles is 1. The van der Waals surface area contributed by atoms with Crippen molar-refractivity contribution in [2.24, 2.45) is 0 Å². The smallest absolute Gasteiger partial charge is 0.341 e. The summed E-state index contributed by atoms with van der Waals surface area (Å²) in [5.41, 5.74) is 0.416. The maximum Gasteiger partial charge on any atom is 0.341 e. The van der Waals surface area contributed by atoms with Crippen molar-refractivity contribution in [3.8, 4) is 6.07 Å². The van der Waals surface area contributed by atoms with Gasteiger partial charge in [-0.05, 0) is 53.5 Å². The largest absolute Gasteiger partial charge is 0.462 e. The molecular formula is C19H18BrN3O4S2. The Bertz CT molecular complexity index is 1030. The molecule has 0 saturated heterocycles. The number of esters is 1. The van der Waals surface area contributed by atoms with Crippen LogP contribution >= 0.6 is 38.6 Å². The van der Waals surface area contributed by atoms with Gasteiger partial charge in [0.25, 0.3) is 11.8 Å². The predicted octanol–water partition coefficient (Wildman–Crippen LogP) is 4.30. The van der Waals surface area contributed by atoms with Gasteiger partial charge in [-0.15, -0.1) is 22.7 Å². The molecule has 2 aromatic rings. The number of nitrogens with one attached hydrogen (secondary N) is 1. The molecule has 0 saturated carbocycles. The van der Waals surface area contributed by atoms with Crippen LogP contribution in [0.2, 0.25) is 0 Å². The Hall–Kier alpha value is -2.48. The lowest BCUT2D eigenvalue weighted by molar-refractivity contribution is -0.112. The predicted molar refractivity (Wildman–Crippen MR) is 117 cm³/mol. The number of carbonyl (C=O) groups excluding carboxylic acids is 3. The number of anilines is 1. The summed E-state index contributed by atoms with van der Waals surface area (Å²) in [5, 5.41) is 12.2.